The molecule has 1 aromatic heterocycles. The van der Waals surface area contributed by atoms with Crippen LogP contribution in [0.1, 0.15) is 34.5 Å². The van der Waals surface area contributed by atoms with Crippen molar-refractivity contribution in [2.24, 2.45) is 5.92 Å². The second-order valence-electron chi connectivity index (χ2n) is 7.47. The van der Waals surface area contributed by atoms with Crippen LogP contribution in [0.3, 0.4) is 0 Å². The van der Waals surface area contributed by atoms with E-state index in [0.717, 1.165) is 29.7 Å². The number of furan rings is 1. The first kappa shape index (κ1) is 18.9. The number of likely N-dealkylation sites (tertiary alicyclic amines) is 1. The highest BCUT2D eigenvalue weighted by Crippen LogP contribution is 2.31. The number of nitrogens with one attached hydrogen (secondary N) is 1. The number of hydrogen-bond acceptors (Lipinski definition) is 4. The zero-order chi connectivity index (χ0) is 19.7. The Morgan fingerprint density at radius 1 is 1.21 bits per heavy atom. The van der Waals surface area contributed by atoms with Gasteiger partial charge in [0.15, 0.2) is 5.76 Å². The first-order chi connectivity index (χ1) is 13.5. The SMILES string of the molecule is Cc1ccoc1C(=O)NC1CCN(C(=O)C2COc3ccc(Cl)cc3C2)CC1. The molecule has 0 saturated carbocycles. The fourth-order valence-corrected chi connectivity index (χ4v) is 4.08. The molecule has 2 aliphatic rings. The number of benzene rings is 1. The number of hydrogen-bond donors (Lipinski definition) is 1. The van der Waals surface area contributed by atoms with Crippen LogP contribution in [0.2, 0.25) is 5.02 Å². The summed E-state index contributed by atoms with van der Waals surface area (Å²) in [4.78, 5) is 27.1. The summed E-state index contributed by atoms with van der Waals surface area (Å²) in [6.45, 7) is 3.48. The smallest absolute Gasteiger partial charge is 0.287 e. The lowest BCUT2D eigenvalue weighted by Gasteiger charge is -2.35. The molecule has 1 aromatic carbocycles. The lowest BCUT2D eigenvalue weighted by Crippen LogP contribution is -2.49. The molecule has 4 rings (SSSR count). The Morgan fingerprint density at radius 2 is 2.00 bits per heavy atom. The van der Waals surface area contributed by atoms with Crippen molar-refractivity contribution >= 4 is 23.4 Å². The largest absolute Gasteiger partial charge is 0.492 e. The first-order valence-corrected chi connectivity index (χ1v) is 9.94. The third kappa shape index (κ3) is 3.87. The number of halogens is 1. The first-order valence-electron chi connectivity index (χ1n) is 9.56. The van der Waals surface area contributed by atoms with Crippen LogP contribution in [-0.2, 0) is 11.2 Å². The van der Waals surface area contributed by atoms with Crippen molar-refractivity contribution in [3.8, 4) is 5.75 Å². The zero-order valence-corrected chi connectivity index (χ0v) is 16.5. The van der Waals surface area contributed by atoms with Crippen LogP contribution in [0.4, 0.5) is 0 Å². The predicted octanol–water partition coefficient (Wildman–Crippen LogP) is 3.21. The molecule has 2 amide bonds. The molecule has 1 fully saturated rings. The van der Waals surface area contributed by atoms with Gasteiger partial charge in [-0.1, -0.05) is 11.6 Å². The van der Waals surface area contributed by atoms with Crippen molar-refractivity contribution in [1.29, 1.82) is 0 Å². The maximum atomic E-state index is 12.9. The summed E-state index contributed by atoms with van der Waals surface area (Å²) in [7, 11) is 0. The molecule has 2 aromatic rings. The number of aryl methyl sites for hydroxylation is 1. The van der Waals surface area contributed by atoms with E-state index in [-0.39, 0.29) is 23.8 Å². The summed E-state index contributed by atoms with van der Waals surface area (Å²) in [5.41, 5.74) is 1.80. The summed E-state index contributed by atoms with van der Waals surface area (Å²) in [5, 5.41) is 3.66. The topological polar surface area (TPSA) is 71.8 Å². The molecule has 3 heterocycles. The minimum Gasteiger partial charge on any atom is -0.492 e. The van der Waals surface area contributed by atoms with Crippen LogP contribution < -0.4 is 10.1 Å². The standard InChI is InChI=1S/C21H23ClN2O4/c1-13-6-9-27-19(13)20(25)23-17-4-7-24(8-5-17)21(26)15-10-14-11-16(22)2-3-18(14)28-12-15/h2-3,6,9,11,15,17H,4-5,7-8,10,12H2,1H3,(H,23,25). The number of fused-ring (bicyclic) bond motifs is 1. The molecule has 0 radical (unpaired) electrons. The van der Waals surface area contributed by atoms with E-state index < -0.39 is 0 Å². The highest BCUT2D eigenvalue weighted by atomic mass is 35.5. The number of piperidine rings is 1. The Hall–Kier alpha value is -2.47. The van der Waals surface area contributed by atoms with Crippen molar-refractivity contribution in [3.63, 3.8) is 0 Å². The number of amides is 2. The van der Waals surface area contributed by atoms with E-state index in [0.29, 0.717) is 36.9 Å². The van der Waals surface area contributed by atoms with Crippen molar-refractivity contribution in [1.82, 2.24) is 10.2 Å². The van der Waals surface area contributed by atoms with E-state index in [1.807, 2.05) is 24.0 Å². The maximum Gasteiger partial charge on any atom is 0.287 e. The molecule has 6 nitrogen and oxygen atoms in total. The van der Waals surface area contributed by atoms with E-state index >= 15 is 0 Å². The van der Waals surface area contributed by atoms with Gasteiger partial charge in [0.2, 0.25) is 5.91 Å². The summed E-state index contributed by atoms with van der Waals surface area (Å²) in [6, 6.07) is 7.34. The van der Waals surface area contributed by atoms with Gasteiger partial charge >= 0.3 is 0 Å². The highest BCUT2D eigenvalue weighted by Gasteiger charge is 2.32. The molecular weight excluding hydrogens is 380 g/mol. The number of nitrogens with zero attached hydrogens (tertiary/aromatic N) is 1. The average molecular weight is 403 g/mol. The summed E-state index contributed by atoms with van der Waals surface area (Å²) in [6.07, 6.45) is 3.62. The van der Waals surface area contributed by atoms with E-state index in [4.69, 9.17) is 20.8 Å². The van der Waals surface area contributed by atoms with Gasteiger partial charge in [-0.3, -0.25) is 9.59 Å². The molecule has 1 saturated heterocycles. The fraction of sp³-hybridized carbons (Fsp3) is 0.429. The number of rotatable bonds is 3. The summed E-state index contributed by atoms with van der Waals surface area (Å²) >= 11 is 6.06. The van der Waals surface area contributed by atoms with Gasteiger partial charge in [-0.25, -0.2) is 0 Å². The molecule has 1 unspecified atom stereocenters. The van der Waals surface area contributed by atoms with Crippen LogP contribution in [-0.4, -0.2) is 42.5 Å². The van der Waals surface area contributed by atoms with Gasteiger partial charge < -0.3 is 19.4 Å². The Labute approximate surface area is 168 Å². The lowest BCUT2D eigenvalue weighted by atomic mass is 9.94. The Bertz CT molecular complexity index is 886. The minimum absolute atomic E-state index is 0.0446. The van der Waals surface area contributed by atoms with Gasteiger partial charge in [-0.05, 0) is 56.0 Å². The fourth-order valence-electron chi connectivity index (χ4n) is 3.88. The molecule has 1 atom stereocenters. The minimum atomic E-state index is -0.193. The lowest BCUT2D eigenvalue weighted by molar-refractivity contribution is -0.138. The van der Waals surface area contributed by atoms with Gasteiger partial charge in [0, 0.05) is 29.7 Å². The van der Waals surface area contributed by atoms with Crippen LogP contribution in [0, 0.1) is 12.8 Å². The van der Waals surface area contributed by atoms with Crippen LogP contribution in [0.15, 0.2) is 34.9 Å². The van der Waals surface area contributed by atoms with Gasteiger partial charge in [0.25, 0.3) is 5.91 Å². The summed E-state index contributed by atoms with van der Waals surface area (Å²) in [5.74, 6) is 0.889. The monoisotopic (exact) mass is 402 g/mol. The van der Waals surface area contributed by atoms with Crippen LogP contribution in [0.25, 0.3) is 0 Å². The predicted molar refractivity (Wildman–Crippen MR) is 105 cm³/mol. The molecule has 0 aliphatic carbocycles. The molecule has 148 valence electrons. The third-order valence-electron chi connectivity index (χ3n) is 5.49. The third-order valence-corrected chi connectivity index (χ3v) is 5.72. The van der Waals surface area contributed by atoms with Gasteiger partial charge in [0.05, 0.1) is 12.2 Å². The molecular formula is C21H23ClN2O4. The van der Waals surface area contributed by atoms with Crippen molar-refractivity contribution in [2.45, 2.75) is 32.2 Å². The summed E-state index contributed by atoms with van der Waals surface area (Å²) < 4.78 is 11.0. The number of carbonyl (C=O) groups excluding carboxylic acids is 2. The van der Waals surface area contributed by atoms with E-state index in [1.54, 1.807) is 12.1 Å². The molecule has 0 spiro atoms. The van der Waals surface area contributed by atoms with Crippen molar-refractivity contribution < 1.29 is 18.7 Å². The van der Waals surface area contributed by atoms with Crippen molar-refractivity contribution in [2.75, 3.05) is 19.7 Å². The molecule has 28 heavy (non-hydrogen) atoms. The second-order valence-corrected chi connectivity index (χ2v) is 7.91. The molecule has 0 bridgehead atoms. The van der Waals surface area contributed by atoms with Gasteiger partial charge in [-0.2, -0.15) is 0 Å². The zero-order valence-electron chi connectivity index (χ0n) is 15.7. The van der Waals surface area contributed by atoms with Gasteiger partial charge in [-0.15, -0.1) is 0 Å². The van der Waals surface area contributed by atoms with E-state index in [9.17, 15) is 9.59 Å². The van der Waals surface area contributed by atoms with E-state index in [1.165, 1.54) is 6.26 Å². The van der Waals surface area contributed by atoms with Crippen LogP contribution in [0.5, 0.6) is 5.75 Å². The molecule has 1 N–H and O–H groups in total. The Balaban J connectivity index is 1.31. The second kappa shape index (κ2) is 7.87. The van der Waals surface area contributed by atoms with Gasteiger partial charge in [0.1, 0.15) is 12.4 Å². The number of carbonyl (C=O) groups is 2. The van der Waals surface area contributed by atoms with E-state index in [2.05, 4.69) is 5.32 Å². The molecule has 2 aliphatic heterocycles. The van der Waals surface area contributed by atoms with Crippen molar-refractivity contribution in [3.05, 3.63) is 52.4 Å². The quantitative estimate of drug-likeness (QED) is 0.855. The Kier molecular flexibility index (Phi) is 5.31. The molecule has 7 heteroatoms. The highest BCUT2D eigenvalue weighted by molar-refractivity contribution is 6.30. The average Bonchev–Trinajstić information content (AvgIpc) is 3.13. The number of ether oxygens (including phenoxy) is 1. The van der Waals surface area contributed by atoms with Crippen LogP contribution >= 0.6 is 11.6 Å². The Morgan fingerprint density at radius 3 is 2.71 bits per heavy atom. The maximum absolute atomic E-state index is 12.9. The normalized spacial score (nSPS) is 19.6.